The van der Waals surface area contributed by atoms with E-state index in [1.54, 1.807) is 0 Å². The smallest absolute Gasteiger partial charge is 0.399 e. The van der Waals surface area contributed by atoms with Gasteiger partial charge in [0.15, 0.2) is 0 Å². The van der Waals surface area contributed by atoms with Crippen LogP contribution in [0, 0.1) is 0 Å². The minimum atomic E-state index is -0.515. The summed E-state index contributed by atoms with van der Waals surface area (Å²) in [5.74, 6) is 0.0506. The molecule has 6 heteroatoms. The van der Waals surface area contributed by atoms with Crippen molar-refractivity contribution in [1.29, 1.82) is 0 Å². The first kappa shape index (κ1) is 16.8. The van der Waals surface area contributed by atoms with E-state index in [1.165, 1.54) is 0 Å². The predicted octanol–water partition coefficient (Wildman–Crippen LogP) is 2.46. The average Bonchev–Trinajstić information content (AvgIpc) is 3.19. The highest BCUT2D eigenvalue weighted by Gasteiger charge is 2.52. The van der Waals surface area contributed by atoms with Gasteiger partial charge in [-0.3, -0.25) is 4.79 Å². The predicted molar refractivity (Wildman–Crippen MR) is 92.0 cm³/mol. The summed E-state index contributed by atoms with van der Waals surface area (Å²) in [6.07, 6.45) is 2.53. The van der Waals surface area contributed by atoms with Gasteiger partial charge in [-0.2, -0.15) is 0 Å². The molecule has 3 rings (SSSR count). The summed E-state index contributed by atoms with van der Waals surface area (Å²) in [6, 6.07) is 5.97. The second-order valence-corrected chi connectivity index (χ2v) is 7.87. The van der Waals surface area contributed by atoms with Crippen molar-refractivity contribution in [2.45, 2.75) is 64.2 Å². The highest BCUT2D eigenvalue weighted by atomic mass is 35.5. The molecule has 0 atom stereocenters. The second-order valence-electron chi connectivity index (χ2n) is 7.46. The number of carbonyl (C=O) groups excluding carboxylic acids is 1. The van der Waals surface area contributed by atoms with E-state index >= 15 is 0 Å². The quantitative estimate of drug-likeness (QED) is 0.860. The number of benzene rings is 1. The first-order valence-corrected chi connectivity index (χ1v) is 8.49. The van der Waals surface area contributed by atoms with Gasteiger partial charge >= 0.3 is 7.12 Å². The highest BCUT2D eigenvalue weighted by Crippen LogP contribution is 2.37. The van der Waals surface area contributed by atoms with Crippen molar-refractivity contribution in [3.05, 3.63) is 28.8 Å². The molecule has 1 amide bonds. The largest absolute Gasteiger partial charge is 0.496 e. The maximum absolute atomic E-state index is 12.0. The molecule has 4 nitrogen and oxygen atoms in total. The Morgan fingerprint density at radius 2 is 1.87 bits per heavy atom. The topological polar surface area (TPSA) is 47.6 Å². The van der Waals surface area contributed by atoms with Gasteiger partial charge in [0.1, 0.15) is 0 Å². The Balaban J connectivity index is 1.77. The van der Waals surface area contributed by atoms with Crippen LogP contribution < -0.4 is 10.8 Å². The monoisotopic (exact) mass is 335 g/mol. The lowest BCUT2D eigenvalue weighted by Gasteiger charge is -2.32. The fourth-order valence-corrected chi connectivity index (χ4v) is 2.75. The zero-order valence-corrected chi connectivity index (χ0v) is 14.9. The highest BCUT2D eigenvalue weighted by molar-refractivity contribution is 6.65. The standard InChI is InChI=1S/C17H23BClNO3/c1-16(2)17(3,4)23-18(22-16)13-9-11(5-8-14(13)19)10-15(21)20-12-6-7-12/h5,8-9,12H,6-7,10H2,1-4H3,(H,20,21). The molecule has 0 bridgehead atoms. The molecule has 1 aromatic rings. The summed E-state index contributed by atoms with van der Waals surface area (Å²) in [5.41, 5.74) is 0.861. The van der Waals surface area contributed by atoms with E-state index in [2.05, 4.69) is 5.32 Å². The number of halogens is 1. The lowest BCUT2D eigenvalue weighted by atomic mass is 9.78. The first-order valence-electron chi connectivity index (χ1n) is 8.11. The molecular weight excluding hydrogens is 312 g/mol. The Hall–Kier alpha value is -1.04. The van der Waals surface area contributed by atoms with Crippen LogP contribution in [0.5, 0.6) is 0 Å². The van der Waals surface area contributed by atoms with Gasteiger partial charge in [-0.05, 0) is 52.2 Å². The molecule has 0 aromatic heterocycles. The molecule has 1 aliphatic heterocycles. The molecule has 1 saturated heterocycles. The molecule has 0 spiro atoms. The normalized spacial score (nSPS) is 22.2. The van der Waals surface area contributed by atoms with Crippen molar-refractivity contribution in [3.8, 4) is 0 Å². The Labute approximate surface area is 143 Å². The van der Waals surface area contributed by atoms with Gasteiger partial charge in [0.25, 0.3) is 0 Å². The van der Waals surface area contributed by atoms with E-state index in [9.17, 15) is 4.79 Å². The number of carbonyl (C=O) groups is 1. The van der Waals surface area contributed by atoms with Gasteiger partial charge < -0.3 is 14.6 Å². The maximum Gasteiger partial charge on any atom is 0.496 e. The maximum atomic E-state index is 12.0. The lowest BCUT2D eigenvalue weighted by Crippen LogP contribution is -2.41. The molecule has 23 heavy (non-hydrogen) atoms. The molecule has 1 saturated carbocycles. The van der Waals surface area contributed by atoms with E-state index < -0.39 is 18.3 Å². The summed E-state index contributed by atoms with van der Waals surface area (Å²) in [4.78, 5) is 12.0. The molecule has 1 aromatic carbocycles. The van der Waals surface area contributed by atoms with Crippen LogP contribution >= 0.6 is 11.6 Å². The Bertz CT molecular complexity index is 612. The number of rotatable bonds is 4. The van der Waals surface area contributed by atoms with E-state index in [0.717, 1.165) is 23.9 Å². The van der Waals surface area contributed by atoms with E-state index in [0.29, 0.717) is 17.5 Å². The van der Waals surface area contributed by atoms with Gasteiger partial charge in [0.05, 0.1) is 17.6 Å². The van der Waals surface area contributed by atoms with Crippen LogP contribution in [0.3, 0.4) is 0 Å². The number of hydrogen-bond donors (Lipinski definition) is 1. The van der Waals surface area contributed by atoms with Crippen molar-refractivity contribution in [2.24, 2.45) is 0 Å². The molecule has 0 unspecified atom stereocenters. The Morgan fingerprint density at radius 1 is 1.26 bits per heavy atom. The number of nitrogens with one attached hydrogen (secondary N) is 1. The number of hydrogen-bond acceptors (Lipinski definition) is 3. The molecule has 124 valence electrons. The van der Waals surface area contributed by atoms with Crippen LogP contribution in [0.1, 0.15) is 46.1 Å². The van der Waals surface area contributed by atoms with Crippen LogP contribution in [0.4, 0.5) is 0 Å². The summed E-state index contributed by atoms with van der Waals surface area (Å²) >= 11 is 6.33. The minimum absolute atomic E-state index is 0.0506. The Morgan fingerprint density at radius 3 is 2.43 bits per heavy atom. The van der Waals surface area contributed by atoms with E-state index in [1.807, 2.05) is 45.9 Å². The van der Waals surface area contributed by atoms with Crippen molar-refractivity contribution in [1.82, 2.24) is 5.32 Å². The van der Waals surface area contributed by atoms with Gasteiger partial charge in [-0.15, -0.1) is 0 Å². The van der Waals surface area contributed by atoms with Crippen molar-refractivity contribution in [3.63, 3.8) is 0 Å². The van der Waals surface area contributed by atoms with Gasteiger partial charge in [-0.1, -0.05) is 23.7 Å². The minimum Gasteiger partial charge on any atom is -0.399 e. The average molecular weight is 336 g/mol. The third kappa shape index (κ3) is 3.57. The summed E-state index contributed by atoms with van der Waals surface area (Å²) in [6.45, 7) is 8.03. The molecule has 1 aliphatic carbocycles. The fraction of sp³-hybridized carbons (Fsp3) is 0.588. The zero-order valence-electron chi connectivity index (χ0n) is 14.1. The second kappa shape index (κ2) is 5.80. The van der Waals surface area contributed by atoms with Gasteiger partial charge in [0.2, 0.25) is 5.91 Å². The van der Waals surface area contributed by atoms with Crippen molar-refractivity contribution >= 4 is 30.1 Å². The summed E-state index contributed by atoms with van der Waals surface area (Å²) in [5, 5.41) is 3.59. The SMILES string of the molecule is CC1(C)OB(c2cc(CC(=O)NC3CC3)ccc2Cl)OC1(C)C. The molecular formula is C17H23BClNO3. The summed E-state index contributed by atoms with van der Waals surface area (Å²) in [7, 11) is -0.515. The molecule has 1 N–H and O–H groups in total. The van der Waals surface area contributed by atoms with Crippen LogP contribution in [0.15, 0.2) is 18.2 Å². The lowest BCUT2D eigenvalue weighted by molar-refractivity contribution is -0.120. The van der Waals surface area contributed by atoms with E-state index in [4.69, 9.17) is 20.9 Å². The molecule has 1 heterocycles. The molecule has 2 fully saturated rings. The van der Waals surface area contributed by atoms with Crippen LogP contribution in [-0.2, 0) is 20.5 Å². The fourth-order valence-electron chi connectivity index (χ4n) is 2.55. The zero-order chi connectivity index (χ0) is 16.8. The van der Waals surface area contributed by atoms with Gasteiger partial charge in [0, 0.05) is 16.5 Å². The van der Waals surface area contributed by atoms with E-state index in [-0.39, 0.29) is 5.91 Å². The van der Waals surface area contributed by atoms with Crippen molar-refractivity contribution in [2.75, 3.05) is 0 Å². The van der Waals surface area contributed by atoms with Crippen molar-refractivity contribution < 1.29 is 14.1 Å². The number of amides is 1. The van der Waals surface area contributed by atoms with Crippen LogP contribution in [-0.4, -0.2) is 30.3 Å². The first-order chi connectivity index (χ1) is 10.7. The summed E-state index contributed by atoms with van der Waals surface area (Å²) < 4.78 is 12.1. The van der Waals surface area contributed by atoms with Crippen LogP contribution in [0.2, 0.25) is 5.02 Å². The third-order valence-electron chi connectivity index (χ3n) is 4.87. The third-order valence-corrected chi connectivity index (χ3v) is 5.22. The Kier molecular flexibility index (Phi) is 4.24. The van der Waals surface area contributed by atoms with Gasteiger partial charge in [-0.25, -0.2) is 0 Å². The molecule has 0 radical (unpaired) electrons. The molecule has 2 aliphatic rings. The van der Waals surface area contributed by atoms with Crippen LogP contribution in [0.25, 0.3) is 0 Å².